The summed E-state index contributed by atoms with van der Waals surface area (Å²) in [4.78, 5) is 22.9. The number of ether oxygens (including phenoxy) is 3. The quantitative estimate of drug-likeness (QED) is 0.149. The Morgan fingerprint density at radius 3 is 2.40 bits per heavy atom. The third-order valence-electron chi connectivity index (χ3n) is 8.13. The van der Waals surface area contributed by atoms with Crippen LogP contribution in [0.3, 0.4) is 0 Å². The van der Waals surface area contributed by atoms with E-state index in [0.29, 0.717) is 32.0 Å². The van der Waals surface area contributed by atoms with Crippen molar-refractivity contribution in [3.8, 4) is 0 Å². The number of nitrogen functional groups attached to an aromatic ring is 1. The highest BCUT2D eigenvalue weighted by Crippen LogP contribution is 2.52. The van der Waals surface area contributed by atoms with Crippen molar-refractivity contribution in [3.05, 3.63) is 53.6 Å². The van der Waals surface area contributed by atoms with E-state index in [1.807, 2.05) is 12.1 Å². The van der Waals surface area contributed by atoms with E-state index in [1.165, 1.54) is 24.0 Å². The predicted octanol–water partition coefficient (Wildman–Crippen LogP) is 5.13. The number of carbonyl (C=O) groups is 2. The lowest BCUT2D eigenvalue weighted by Gasteiger charge is -2.41. The molecule has 4 atom stereocenters. The number of hydrogen-bond donors (Lipinski definition) is 2. The molecule has 0 spiro atoms. The molecule has 9 nitrogen and oxygen atoms in total. The molecule has 2 aromatic carbocycles. The van der Waals surface area contributed by atoms with E-state index in [0.717, 1.165) is 34.9 Å². The Morgan fingerprint density at radius 2 is 1.79 bits per heavy atom. The lowest BCUT2D eigenvalue weighted by Crippen LogP contribution is -2.36. The number of hydrogen-bond acceptors (Lipinski definition) is 8. The van der Waals surface area contributed by atoms with Gasteiger partial charge in [-0.1, -0.05) is 45.7 Å². The number of carboxylic acids is 1. The number of anilines is 2. The summed E-state index contributed by atoms with van der Waals surface area (Å²) in [6.45, 7) is 7.92. The first-order valence-electron chi connectivity index (χ1n) is 15.0. The monoisotopic (exact) mass is 618 g/mol. The largest absolute Gasteiger partial charge is 0.480 e. The fraction of sp³-hybridized carbons (Fsp3) is 0.576. The van der Waals surface area contributed by atoms with Crippen molar-refractivity contribution >= 4 is 34.4 Å². The molecule has 240 valence electrons. The van der Waals surface area contributed by atoms with Crippen LogP contribution in [0.5, 0.6) is 0 Å². The molecule has 1 aliphatic heterocycles. The molecule has 3 N–H and O–H groups in total. The van der Waals surface area contributed by atoms with Gasteiger partial charge in [-0.3, -0.25) is 4.21 Å². The molecule has 1 aliphatic rings. The Hall–Kier alpha value is -2.79. The van der Waals surface area contributed by atoms with Crippen LogP contribution < -0.4 is 10.6 Å². The van der Waals surface area contributed by atoms with Gasteiger partial charge < -0.3 is 34.7 Å². The molecule has 0 saturated heterocycles. The maximum atomic E-state index is 13.6. The van der Waals surface area contributed by atoms with E-state index in [4.69, 9.17) is 25.1 Å². The second kappa shape index (κ2) is 18.8. The fourth-order valence-electron chi connectivity index (χ4n) is 5.64. The summed E-state index contributed by atoms with van der Waals surface area (Å²) in [5.74, 6) is 0.317. The first kappa shape index (κ1) is 36.4. The second-order valence-electron chi connectivity index (χ2n) is 11.2. The van der Waals surface area contributed by atoms with Crippen LogP contribution in [0.4, 0.5) is 11.4 Å². The normalized spacial score (nSPS) is 21.2. The van der Waals surface area contributed by atoms with Crippen LogP contribution >= 0.6 is 0 Å². The minimum Gasteiger partial charge on any atom is -0.480 e. The summed E-state index contributed by atoms with van der Waals surface area (Å²) in [5, 5.41) is 8.19. The molecular formula is C33H50N2O7S. The van der Waals surface area contributed by atoms with Gasteiger partial charge in [-0.25, -0.2) is 4.79 Å². The molecule has 0 aliphatic carbocycles. The third kappa shape index (κ3) is 11.0. The zero-order valence-corrected chi connectivity index (χ0v) is 27.2. The van der Waals surface area contributed by atoms with E-state index in [1.54, 1.807) is 0 Å². The van der Waals surface area contributed by atoms with E-state index < -0.39 is 16.8 Å². The van der Waals surface area contributed by atoms with Gasteiger partial charge in [-0.2, -0.15) is 0 Å². The fourth-order valence-corrected chi connectivity index (χ4v) is 7.59. The van der Waals surface area contributed by atoms with Gasteiger partial charge in [0.1, 0.15) is 19.5 Å². The Labute approximate surface area is 259 Å². The van der Waals surface area contributed by atoms with Crippen LogP contribution in [0.25, 0.3) is 0 Å². The number of nitrogens with two attached hydrogens (primary N) is 1. The molecule has 0 aromatic heterocycles. The van der Waals surface area contributed by atoms with Crippen molar-refractivity contribution in [1.82, 2.24) is 0 Å². The highest BCUT2D eigenvalue weighted by atomic mass is 32.2. The van der Waals surface area contributed by atoms with Crippen molar-refractivity contribution in [2.75, 3.05) is 70.1 Å². The molecule has 2 aromatic rings. The molecule has 43 heavy (non-hydrogen) atoms. The topological polar surface area (TPSA) is 128 Å². The Balaban J connectivity index is 0.000000391. The maximum Gasteiger partial charge on any atom is 0.329 e. The summed E-state index contributed by atoms with van der Waals surface area (Å²) >= 11 is 0. The van der Waals surface area contributed by atoms with Crippen LogP contribution in [0.15, 0.2) is 47.4 Å². The molecule has 0 bridgehead atoms. The number of unbranched alkanes of at least 4 members (excludes halogenated alkanes) is 1. The van der Waals surface area contributed by atoms with Gasteiger partial charge in [0.2, 0.25) is 0 Å². The minimum atomic E-state index is -1.00. The summed E-state index contributed by atoms with van der Waals surface area (Å²) in [7, 11) is 3.13. The Morgan fingerprint density at radius 1 is 1.09 bits per heavy atom. The molecule has 1 heterocycles. The lowest BCUT2D eigenvalue weighted by molar-refractivity contribution is -0.142. The zero-order valence-electron chi connectivity index (χ0n) is 26.4. The average molecular weight is 619 g/mol. The van der Waals surface area contributed by atoms with Gasteiger partial charge in [0, 0.05) is 42.0 Å². The van der Waals surface area contributed by atoms with Crippen LogP contribution in [0.1, 0.15) is 63.5 Å². The van der Waals surface area contributed by atoms with Crippen molar-refractivity contribution in [1.29, 1.82) is 0 Å². The summed E-state index contributed by atoms with van der Waals surface area (Å²) in [5.41, 5.74) is 10.6. The summed E-state index contributed by atoms with van der Waals surface area (Å²) in [6, 6.07) is 14.8. The SMILES string of the molecule is CCCCC1(CC)CS(=O)c2ccc(N(C)C)cc2C(c2cccc(N)c2)C1C.O=CCOCCOCCOCC(=O)O. The molecular weight excluding hydrogens is 568 g/mol. The van der Waals surface area contributed by atoms with Gasteiger partial charge in [-0.15, -0.1) is 0 Å². The number of nitrogens with zero attached hydrogens (tertiary/aromatic N) is 1. The first-order valence-corrected chi connectivity index (χ1v) is 16.4. The van der Waals surface area contributed by atoms with Crippen molar-refractivity contribution in [2.45, 2.75) is 57.3 Å². The lowest BCUT2D eigenvalue weighted by atomic mass is 9.64. The minimum absolute atomic E-state index is 0.0629. The van der Waals surface area contributed by atoms with Crippen molar-refractivity contribution in [2.24, 2.45) is 11.3 Å². The molecule has 4 unspecified atom stereocenters. The van der Waals surface area contributed by atoms with E-state index in [2.05, 4.69) is 70.1 Å². The van der Waals surface area contributed by atoms with Gasteiger partial charge >= 0.3 is 5.97 Å². The van der Waals surface area contributed by atoms with Gasteiger partial charge in [0.25, 0.3) is 0 Å². The highest BCUT2D eigenvalue weighted by Gasteiger charge is 2.44. The number of aliphatic carboxylic acids is 1. The number of carboxylic acid groups (broad SMARTS) is 1. The first-order chi connectivity index (χ1) is 20.6. The average Bonchev–Trinajstić information content (AvgIpc) is 3.07. The maximum absolute atomic E-state index is 13.6. The Kier molecular flexibility index (Phi) is 15.9. The third-order valence-corrected chi connectivity index (χ3v) is 9.83. The predicted molar refractivity (Wildman–Crippen MR) is 172 cm³/mol. The van der Waals surface area contributed by atoms with E-state index in [-0.39, 0.29) is 31.2 Å². The summed E-state index contributed by atoms with van der Waals surface area (Å²) in [6.07, 6.45) is 5.18. The van der Waals surface area contributed by atoms with Gasteiger partial charge in [0.05, 0.1) is 37.2 Å². The molecule has 0 amide bonds. The number of carbonyl (C=O) groups excluding carboxylic acids is 1. The van der Waals surface area contributed by atoms with Crippen LogP contribution in [-0.4, -0.2) is 81.1 Å². The standard InChI is InChI=1S/C25H36N2OS.C8H14O6/c1-6-8-14-25(7-2)17-29(28)23-13-12-21(27(4)5)16-22(23)24(18(25)3)19-10-9-11-20(26)15-19;9-1-2-12-3-4-13-5-6-14-7-8(10)11/h9-13,15-16,18,24H,6-8,14,17,26H2,1-5H3;1H,2-7H2,(H,10,11). The molecule has 10 heteroatoms. The van der Waals surface area contributed by atoms with Crippen LogP contribution in [0.2, 0.25) is 0 Å². The van der Waals surface area contributed by atoms with E-state index in [9.17, 15) is 13.8 Å². The highest BCUT2D eigenvalue weighted by molar-refractivity contribution is 7.85. The number of aldehydes is 1. The second-order valence-corrected chi connectivity index (χ2v) is 12.6. The van der Waals surface area contributed by atoms with Crippen LogP contribution in [0, 0.1) is 11.3 Å². The van der Waals surface area contributed by atoms with Crippen molar-refractivity contribution in [3.63, 3.8) is 0 Å². The number of fused-ring (bicyclic) bond motifs is 1. The molecule has 3 rings (SSSR count). The van der Waals surface area contributed by atoms with Crippen LogP contribution in [-0.2, 0) is 34.6 Å². The van der Waals surface area contributed by atoms with E-state index >= 15 is 0 Å². The van der Waals surface area contributed by atoms with Gasteiger partial charge in [0.15, 0.2) is 0 Å². The summed E-state index contributed by atoms with van der Waals surface area (Å²) < 4.78 is 28.1. The Bertz CT molecular complexity index is 1180. The molecule has 0 saturated carbocycles. The molecule has 0 fully saturated rings. The van der Waals surface area contributed by atoms with Gasteiger partial charge in [-0.05, 0) is 65.6 Å². The zero-order chi connectivity index (χ0) is 31.8. The number of rotatable bonds is 16. The number of benzene rings is 2. The molecule has 0 radical (unpaired) electrons. The van der Waals surface area contributed by atoms with Crippen molar-refractivity contribution < 1.29 is 33.1 Å². The smallest absolute Gasteiger partial charge is 0.329 e.